The van der Waals surface area contributed by atoms with Crippen LogP contribution in [0.15, 0.2) is 12.2 Å². The highest BCUT2D eigenvalue weighted by molar-refractivity contribution is 7.93. The number of hydrogen-bond donors (Lipinski definition) is 2. The number of rotatable bonds is 8. The zero-order chi connectivity index (χ0) is 39.6. The average molecular weight is 749 g/mol. The van der Waals surface area contributed by atoms with Crippen molar-refractivity contribution in [1.29, 1.82) is 1.43 Å². The first-order valence-electron chi connectivity index (χ1n) is 19.7. The Balaban J connectivity index is 1.82. The number of fused-ring (bicyclic) bond motifs is 2. The van der Waals surface area contributed by atoms with Crippen molar-refractivity contribution in [3.05, 3.63) is 12.2 Å². The van der Waals surface area contributed by atoms with Gasteiger partial charge < -0.3 is 47.6 Å². The second-order valence-corrected chi connectivity index (χ2v) is 17.0. The number of cyclic esters (lactones) is 1. The number of carbonyl (C=O) groups excluding carboxylic acids is 2. The first kappa shape index (κ1) is 39.2. The molecule has 17 atom stereocenters. The number of esters is 1. The van der Waals surface area contributed by atoms with Gasteiger partial charge in [-0.2, -0.15) is 0 Å². The summed E-state index contributed by atoms with van der Waals surface area (Å²) in [6, 6.07) is 0. The highest BCUT2D eigenvalue weighted by atomic mass is 32.2. The molecule has 2 unspecified atom stereocenters. The fraction of sp³-hybridized carbons (Fsp3) is 0.895. The van der Waals surface area contributed by atoms with E-state index >= 15 is 0 Å². The van der Waals surface area contributed by atoms with Gasteiger partial charge in [-0.25, -0.2) is 4.79 Å². The molecule has 0 radical (unpaired) electrons. The van der Waals surface area contributed by atoms with E-state index in [1.54, 1.807) is 13.8 Å². The Morgan fingerprint density at radius 3 is 2.29 bits per heavy atom. The first-order valence-corrected chi connectivity index (χ1v) is 19.5. The lowest BCUT2D eigenvalue weighted by Gasteiger charge is -2.49. The maximum Gasteiger partial charge on any atom is 0.509 e. The monoisotopic (exact) mass is 748 g/mol. The van der Waals surface area contributed by atoms with Crippen LogP contribution in [-0.4, -0.2) is 103 Å². The second kappa shape index (κ2) is 16.9. The quantitative estimate of drug-likeness (QED) is 0.165. The minimum absolute atomic E-state index is 0.00602. The molecule has 2 N–H and O–H groups in total. The number of ether oxygens (including phenoxy) is 7. The molecule has 4 aliphatic heterocycles. The average Bonchev–Trinajstić information content (AvgIpc) is 3.06. The van der Waals surface area contributed by atoms with Gasteiger partial charge in [0.05, 0.1) is 42.0 Å². The van der Waals surface area contributed by atoms with Crippen molar-refractivity contribution in [3.63, 3.8) is 0 Å². The molecule has 294 valence electrons. The molecule has 4 aliphatic rings. The second-order valence-electron chi connectivity index (χ2n) is 16.6. The minimum atomic E-state index is -1.61. The Morgan fingerprint density at radius 1 is 0.961 bits per heavy atom. The largest absolute Gasteiger partial charge is 0.509 e. The van der Waals surface area contributed by atoms with Gasteiger partial charge in [0.2, 0.25) is 1.43 Å². The van der Waals surface area contributed by atoms with Gasteiger partial charge in [0.1, 0.15) is 24.4 Å². The standard InChI is InChI=1S/C38H64O12S/c1-14-26-21(5)30-22(6)28(47-36(41)48-30)19(3)16-38(12,42)33(49-35-29(50-51-13)18(2)15-20(4)43-35)23(7)31(24(8)34(40)45-26)46-27-17-37(10,11)32(39)25(9)44-27/h18-20,22-33,35,39,42H,5,14-17H2,1-4,6-13H3/t18-,19+,20+,22-,23-,24+,25-,26+,27?,28-,29+,30-,31-,32-,33+,35?,38-/m0/s1/i13T,39T. The van der Waals surface area contributed by atoms with Crippen LogP contribution in [-0.2, 0) is 42.1 Å². The number of aliphatic hydroxyl groups excluding tert-OH is 1. The molecular formula is C38H64O12S. The third-order valence-electron chi connectivity index (χ3n) is 11.6. The van der Waals surface area contributed by atoms with Gasteiger partial charge in [0.15, 0.2) is 12.6 Å². The summed E-state index contributed by atoms with van der Waals surface area (Å²) in [6.45, 7) is 25.0. The summed E-state index contributed by atoms with van der Waals surface area (Å²) in [4.78, 5) is 27.1. The Kier molecular flexibility index (Phi) is 13.0. The van der Waals surface area contributed by atoms with Crippen molar-refractivity contribution >= 4 is 24.2 Å². The normalized spacial score (nSPS) is 47.6. The van der Waals surface area contributed by atoms with E-state index in [9.17, 15) is 14.7 Å². The van der Waals surface area contributed by atoms with Crippen LogP contribution in [0.5, 0.6) is 0 Å². The van der Waals surface area contributed by atoms with Crippen molar-refractivity contribution in [2.45, 2.75) is 175 Å². The number of aliphatic hydroxyl groups is 2. The summed E-state index contributed by atoms with van der Waals surface area (Å²) in [6.07, 6.45) is -6.91. The Bertz CT molecular complexity index is 1260. The van der Waals surface area contributed by atoms with Crippen molar-refractivity contribution in [3.8, 4) is 0 Å². The van der Waals surface area contributed by atoms with E-state index in [0.717, 1.165) is 12.0 Å². The molecule has 4 saturated heterocycles. The molecule has 4 heterocycles. The summed E-state index contributed by atoms with van der Waals surface area (Å²) in [7, 11) is 0. The van der Waals surface area contributed by atoms with E-state index in [1.165, 1.54) is 0 Å². The van der Waals surface area contributed by atoms with Gasteiger partial charge in [0, 0.05) is 31.4 Å². The molecule has 0 spiro atoms. The van der Waals surface area contributed by atoms with Gasteiger partial charge in [-0.15, -0.1) is 0 Å². The molecule has 0 aromatic carbocycles. The summed E-state index contributed by atoms with van der Waals surface area (Å²) >= 11 is 0.999. The molecule has 0 aromatic rings. The smallest absolute Gasteiger partial charge is 0.457 e. The summed E-state index contributed by atoms with van der Waals surface area (Å²) in [5.41, 5.74) is -1.66. The topological polar surface area (TPSA) is 148 Å². The third-order valence-corrected chi connectivity index (χ3v) is 11.9. The lowest BCUT2D eigenvalue weighted by Crippen LogP contribution is -2.58. The SMILES string of the molecule is [3H]CSO[C@H]1C(O[C@@H]2[C@@H](C)[C@H](OC3CC(C)(C)[C@@H](O[3H])[C@H](C)O3)[C@@H](C)C(=O)O[C@H](CC)C(=C)[C@@H]3OC(=O)O[C@H]([C@@H]3C)[C@H](C)C[C@]2(C)O)O[C@H](C)C[C@@H]1C. The summed E-state index contributed by atoms with van der Waals surface area (Å²) in [5.74, 6) is -2.92. The first-order chi connectivity index (χ1) is 24.8. The predicted octanol–water partition coefficient (Wildman–Crippen LogP) is 6.19. The summed E-state index contributed by atoms with van der Waals surface area (Å²) in [5, 5.41) is 17.7. The van der Waals surface area contributed by atoms with Crippen LogP contribution in [0.2, 0.25) is 0 Å². The van der Waals surface area contributed by atoms with Crippen molar-refractivity contribution in [2.75, 3.05) is 6.23 Å². The van der Waals surface area contributed by atoms with Gasteiger partial charge in [0.25, 0.3) is 0 Å². The van der Waals surface area contributed by atoms with Crippen molar-refractivity contribution in [1.82, 2.24) is 0 Å². The van der Waals surface area contributed by atoms with E-state index in [0.29, 0.717) is 24.8 Å². The molecule has 0 aromatic heterocycles. The Labute approximate surface area is 312 Å². The molecule has 51 heavy (non-hydrogen) atoms. The molecule has 0 saturated carbocycles. The maximum atomic E-state index is 14.2. The van der Waals surface area contributed by atoms with Gasteiger partial charge in [-0.05, 0) is 76.3 Å². The molecule has 0 aliphatic carbocycles. The lowest BCUT2D eigenvalue weighted by molar-refractivity contribution is -0.309. The van der Waals surface area contributed by atoms with Crippen LogP contribution in [0, 0.1) is 35.0 Å². The van der Waals surface area contributed by atoms with Crippen LogP contribution >= 0.6 is 12.0 Å². The summed E-state index contributed by atoms with van der Waals surface area (Å²) < 4.78 is 65.4. The zero-order valence-corrected chi connectivity index (χ0v) is 33.1. The number of carbonyl (C=O) groups is 2. The minimum Gasteiger partial charge on any atom is -0.457 e. The van der Waals surface area contributed by atoms with Gasteiger partial charge in [-0.1, -0.05) is 55.0 Å². The Morgan fingerprint density at radius 2 is 1.67 bits per heavy atom. The van der Waals surface area contributed by atoms with Crippen LogP contribution in [0.25, 0.3) is 0 Å². The highest BCUT2D eigenvalue weighted by Crippen LogP contribution is 2.43. The molecule has 2 bridgehead atoms. The van der Waals surface area contributed by atoms with Crippen LogP contribution in [0.1, 0.15) is 103 Å². The molecule has 12 nitrogen and oxygen atoms in total. The maximum absolute atomic E-state index is 14.2. The third kappa shape index (κ3) is 9.44. The van der Waals surface area contributed by atoms with Crippen molar-refractivity contribution < 1.29 is 58.5 Å². The van der Waals surface area contributed by atoms with Crippen LogP contribution < -0.4 is 0 Å². The van der Waals surface area contributed by atoms with E-state index in [4.69, 9.17) is 45.3 Å². The fourth-order valence-corrected chi connectivity index (χ4v) is 9.25. The van der Waals surface area contributed by atoms with Gasteiger partial charge >= 0.3 is 12.1 Å². The van der Waals surface area contributed by atoms with E-state index in [2.05, 4.69) is 6.58 Å². The molecule has 0 amide bonds. The van der Waals surface area contributed by atoms with Gasteiger partial charge in [-0.3, -0.25) is 4.79 Å². The lowest BCUT2D eigenvalue weighted by atomic mass is 9.74. The van der Waals surface area contributed by atoms with E-state index in [1.807, 2.05) is 62.3 Å². The van der Waals surface area contributed by atoms with Crippen LogP contribution in [0.4, 0.5) is 4.79 Å². The molecular weight excluding hydrogens is 680 g/mol. The van der Waals surface area contributed by atoms with E-state index in [-0.39, 0.29) is 36.5 Å². The van der Waals surface area contributed by atoms with E-state index < -0.39 is 96.4 Å². The van der Waals surface area contributed by atoms with Crippen LogP contribution in [0.3, 0.4) is 0 Å². The molecule has 13 heteroatoms. The predicted molar refractivity (Wildman–Crippen MR) is 191 cm³/mol. The highest BCUT2D eigenvalue weighted by Gasteiger charge is 2.52. The zero-order valence-electron chi connectivity index (χ0n) is 34.3. The molecule has 4 fully saturated rings. The van der Waals surface area contributed by atoms with Crippen molar-refractivity contribution in [2.24, 2.45) is 35.0 Å². The number of hydrogen-bond acceptors (Lipinski definition) is 13. The fourth-order valence-electron chi connectivity index (χ4n) is 8.81. The molecule has 4 rings (SSSR count). The Hall–Kier alpha value is -1.45.